The summed E-state index contributed by atoms with van der Waals surface area (Å²) in [5, 5.41) is 0. The highest BCUT2D eigenvalue weighted by atomic mass is 19.2. The normalized spacial score (nSPS) is 47.5. The molecule has 0 radical (unpaired) electrons. The van der Waals surface area contributed by atoms with Gasteiger partial charge in [-0.15, -0.1) is 0 Å². The zero-order valence-electron chi connectivity index (χ0n) is 22.5. The van der Waals surface area contributed by atoms with Crippen LogP contribution in [0.5, 0.6) is 0 Å². The number of hydrogen-bond donors (Lipinski definition) is 0. The Morgan fingerprint density at radius 3 is 1.37 bits per heavy atom. The number of halogens is 4. The van der Waals surface area contributed by atoms with Crippen molar-refractivity contribution in [1.82, 2.24) is 0 Å². The van der Waals surface area contributed by atoms with Crippen LogP contribution in [0.1, 0.15) is 123 Å². The average Bonchev–Trinajstić information content (AvgIpc) is 2.88. The maximum atomic E-state index is 15.4. The molecule has 0 amide bonds. The van der Waals surface area contributed by atoms with Crippen molar-refractivity contribution >= 4 is 0 Å². The van der Waals surface area contributed by atoms with Gasteiger partial charge in [0, 0.05) is 0 Å². The summed E-state index contributed by atoms with van der Waals surface area (Å²) in [6.07, 6.45) is 11.6. The summed E-state index contributed by atoms with van der Waals surface area (Å²) in [6, 6.07) is 0. The van der Waals surface area contributed by atoms with Crippen LogP contribution >= 0.6 is 0 Å². The van der Waals surface area contributed by atoms with Gasteiger partial charge in [0.2, 0.25) is 0 Å². The predicted octanol–water partition coefficient (Wildman–Crippen LogP) is 9.99. The summed E-state index contributed by atoms with van der Waals surface area (Å²) in [5.74, 6) is 1.67. The molecule has 0 heterocycles. The fourth-order valence-corrected chi connectivity index (χ4v) is 8.79. The zero-order valence-corrected chi connectivity index (χ0v) is 22.5. The van der Waals surface area contributed by atoms with Crippen LogP contribution in [0, 0.1) is 47.3 Å². The smallest absolute Gasteiger partial charge is 0.134 e. The lowest BCUT2D eigenvalue weighted by atomic mass is 9.63. The molecule has 0 aliphatic heterocycles. The van der Waals surface area contributed by atoms with Crippen LogP contribution in [-0.4, -0.2) is 24.7 Å². The van der Waals surface area contributed by atoms with E-state index in [-0.39, 0.29) is 23.7 Å². The topological polar surface area (TPSA) is 0 Å². The third-order valence-electron chi connectivity index (χ3n) is 11.2. The van der Waals surface area contributed by atoms with Gasteiger partial charge in [-0.05, 0) is 112 Å². The molecule has 0 aromatic rings. The molecule has 4 rings (SSSR count). The van der Waals surface area contributed by atoms with Crippen molar-refractivity contribution in [3.8, 4) is 0 Å². The second-order valence-corrected chi connectivity index (χ2v) is 13.1. The molecule has 0 aromatic carbocycles. The second-order valence-electron chi connectivity index (χ2n) is 13.1. The first kappa shape index (κ1) is 27.7. The third-order valence-corrected chi connectivity index (χ3v) is 11.2. The Balaban J connectivity index is 1.19. The molecule has 204 valence electrons. The van der Waals surface area contributed by atoms with Crippen molar-refractivity contribution in [1.29, 1.82) is 0 Å². The maximum absolute atomic E-state index is 15.4. The van der Waals surface area contributed by atoms with Crippen LogP contribution in [0.15, 0.2) is 0 Å². The molecule has 35 heavy (non-hydrogen) atoms. The summed E-state index contributed by atoms with van der Waals surface area (Å²) in [4.78, 5) is 0. The first-order chi connectivity index (χ1) is 16.9. The molecule has 0 saturated heterocycles. The summed E-state index contributed by atoms with van der Waals surface area (Å²) in [6.45, 7) is 4.29. The molecule has 0 spiro atoms. The van der Waals surface area contributed by atoms with Gasteiger partial charge in [0.15, 0.2) is 0 Å². The number of rotatable bonds is 8. The highest BCUT2D eigenvalue weighted by molar-refractivity contribution is 4.95. The summed E-state index contributed by atoms with van der Waals surface area (Å²) in [5.41, 5.74) is 0. The minimum absolute atomic E-state index is 0.0595. The molecular weight excluding hydrogens is 448 g/mol. The highest BCUT2D eigenvalue weighted by Crippen LogP contribution is 2.49. The van der Waals surface area contributed by atoms with E-state index >= 15 is 8.78 Å². The van der Waals surface area contributed by atoms with Crippen molar-refractivity contribution in [3.63, 3.8) is 0 Å². The van der Waals surface area contributed by atoms with E-state index in [1.807, 2.05) is 6.92 Å². The van der Waals surface area contributed by atoms with Gasteiger partial charge in [0.1, 0.15) is 24.7 Å². The van der Waals surface area contributed by atoms with E-state index < -0.39 is 24.7 Å². The lowest BCUT2D eigenvalue weighted by Gasteiger charge is -2.45. The molecule has 0 aromatic heterocycles. The van der Waals surface area contributed by atoms with Crippen LogP contribution in [0.25, 0.3) is 0 Å². The van der Waals surface area contributed by atoms with Crippen molar-refractivity contribution in [3.05, 3.63) is 0 Å². The number of alkyl halides is 4. The van der Waals surface area contributed by atoms with E-state index in [0.717, 1.165) is 95.8 Å². The highest BCUT2D eigenvalue weighted by Gasteiger charge is 2.47. The molecular formula is C31H52F4. The van der Waals surface area contributed by atoms with Gasteiger partial charge in [0.05, 0.1) is 0 Å². The molecule has 0 nitrogen and oxygen atoms in total. The van der Waals surface area contributed by atoms with Crippen LogP contribution < -0.4 is 0 Å². The van der Waals surface area contributed by atoms with Gasteiger partial charge < -0.3 is 0 Å². The molecule has 8 unspecified atom stereocenters. The van der Waals surface area contributed by atoms with Gasteiger partial charge >= 0.3 is 0 Å². The van der Waals surface area contributed by atoms with Crippen LogP contribution in [0.4, 0.5) is 17.6 Å². The lowest BCUT2D eigenvalue weighted by molar-refractivity contribution is -0.0374. The lowest BCUT2D eigenvalue weighted by Crippen LogP contribution is -2.45. The van der Waals surface area contributed by atoms with Gasteiger partial charge in [-0.2, -0.15) is 0 Å². The Hall–Kier alpha value is -0.280. The van der Waals surface area contributed by atoms with E-state index in [9.17, 15) is 8.78 Å². The molecule has 4 fully saturated rings. The number of hydrogen-bond acceptors (Lipinski definition) is 0. The molecule has 4 aliphatic carbocycles. The minimum atomic E-state index is -1.29. The van der Waals surface area contributed by atoms with Crippen molar-refractivity contribution < 1.29 is 17.6 Å². The fraction of sp³-hybridized carbons (Fsp3) is 1.00. The first-order valence-corrected chi connectivity index (χ1v) is 15.5. The van der Waals surface area contributed by atoms with Crippen LogP contribution in [-0.2, 0) is 0 Å². The van der Waals surface area contributed by atoms with E-state index in [2.05, 4.69) is 6.92 Å². The average molecular weight is 501 g/mol. The quantitative estimate of drug-likeness (QED) is 0.291. The molecule has 4 heteroatoms. The predicted molar refractivity (Wildman–Crippen MR) is 137 cm³/mol. The molecule has 4 aliphatic rings. The summed E-state index contributed by atoms with van der Waals surface area (Å²) in [7, 11) is 0. The molecule has 0 bridgehead atoms. The zero-order chi connectivity index (χ0) is 24.9. The van der Waals surface area contributed by atoms with Crippen molar-refractivity contribution in [2.45, 2.75) is 148 Å². The Labute approximate surface area is 212 Å². The maximum Gasteiger partial charge on any atom is 0.134 e. The van der Waals surface area contributed by atoms with Crippen molar-refractivity contribution in [2.75, 3.05) is 0 Å². The third kappa shape index (κ3) is 6.60. The van der Waals surface area contributed by atoms with Crippen molar-refractivity contribution in [2.24, 2.45) is 47.3 Å². The van der Waals surface area contributed by atoms with E-state index in [0.29, 0.717) is 17.8 Å². The van der Waals surface area contributed by atoms with Crippen LogP contribution in [0.3, 0.4) is 0 Å². The second kappa shape index (κ2) is 13.0. The SMILES string of the molecule is CCCC1CCC(CCC2CCC(C3CCC(C4CCC(CC)CC4)C(F)C3F)CC2)C(F)C1F. The Kier molecular flexibility index (Phi) is 10.3. The van der Waals surface area contributed by atoms with Crippen LogP contribution in [0.2, 0.25) is 0 Å². The Bertz CT molecular complexity index is 609. The summed E-state index contributed by atoms with van der Waals surface area (Å²) < 4.78 is 59.9. The van der Waals surface area contributed by atoms with E-state index in [1.54, 1.807) is 0 Å². The molecule has 8 atom stereocenters. The monoisotopic (exact) mass is 500 g/mol. The first-order valence-electron chi connectivity index (χ1n) is 15.5. The summed E-state index contributed by atoms with van der Waals surface area (Å²) >= 11 is 0. The van der Waals surface area contributed by atoms with E-state index in [1.165, 1.54) is 19.3 Å². The minimum Gasteiger partial charge on any atom is -0.244 e. The Morgan fingerprint density at radius 2 is 0.914 bits per heavy atom. The Morgan fingerprint density at radius 1 is 0.457 bits per heavy atom. The molecule has 4 saturated carbocycles. The van der Waals surface area contributed by atoms with Gasteiger partial charge in [-0.25, -0.2) is 17.6 Å². The van der Waals surface area contributed by atoms with Gasteiger partial charge in [0.25, 0.3) is 0 Å². The van der Waals surface area contributed by atoms with Gasteiger partial charge in [-0.1, -0.05) is 58.8 Å². The van der Waals surface area contributed by atoms with E-state index in [4.69, 9.17) is 0 Å². The fourth-order valence-electron chi connectivity index (χ4n) is 8.79. The standard InChI is InChI=1S/C31H52F4/c1-3-5-24-16-17-25(29(33)28(24)32)15-10-21-8-13-23(14-9-21)27-19-18-26(30(34)31(27)35)22-11-6-20(4-2)7-12-22/h20-31H,3-19H2,1-2H3. The van der Waals surface area contributed by atoms with Gasteiger partial charge in [-0.3, -0.25) is 0 Å². The largest absolute Gasteiger partial charge is 0.244 e. The molecule has 0 N–H and O–H groups in total.